The lowest BCUT2D eigenvalue weighted by molar-refractivity contribution is -0.167. The Bertz CT molecular complexity index is 633. The molecule has 142 valence electrons. The van der Waals surface area contributed by atoms with Gasteiger partial charge in [-0.15, -0.1) is 0 Å². The van der Waals surface area contributed by atoms with Crippen LogP contribution in [0.2, 0.25) is 0 Å². The van der Waals surface area contributed by atoms with Crippen LogP contribution in [0.1, 0.15) is 37.8 Å². The zero-order chi connectivity index (χ0) is 20.1. The minimum Gasteiger partial charge on any atom is -0.480 e. The molecule has 1 aromatic rings. The third-order valence-electron chi connectivity index (χ3n) is 4.95. The summed E-state index contributed by atoms with van der Waals surface area (Å²) in [4.78, 5) is 46.4. The van der Waals surface area contributed by atoms with E-state index in [1.54, 1.807) is 12.1 Å². The number of hydrogen-bond acceptors (Lipinski definition) is 4. The number of carboxylic acid groups (broad SMARTS) is 4. The summed E-state index contributed by atoms with van der Waals surface area (Å²) in [7, 11) is 0. The van der Waals surface area contributed by atoms with Crippen LogP contribution in [0.25, 0.3) is 0 Å². The molecule has 4 N–H and O–H groups in total. The summed E-state index contributed by atoms with van der Waals surface area (Å²) in [6.07, 6.45) is -1.10. The van der Waals surface area contributed by atoms with Gasteiger partial charge in [-0.3, -0.25) is 19.2 Å². The highest BCUT2D eigenvalue weighted by atomic mass is 16.4. The van der Waals surface area contributed by atoms with Crippen LogP contribution in [0.3, 0.4) is 0 Å². The second-order valence-corrected chi connectivity index (χ2v) is 6.21. The smallest absolute Gasteiger partial charge is 0.321 e. The molecule has 8 heteroatoms. The van der Waals surface area contributed by atoms with Crippen LogP contribution >= 0.6 is 0 Å². The molecule has 0 amide bonds. The summed E-state index contributed by atoms with van der Waals surface area (Å²) in [5, 5.41) is 37.7. The van der Waals surface area contributed by atoms with Gasteiger partial charge >= 0.3 is 23.9 Å². The monoisotopic (exact) mass is 366 g/mol. The Kier molecular flexibility index (Phi) is 6.49. The maximum atomic E-state index is 11.6. The molecule has 0 aromatic heterocycles. The van der Waals surface area contributed by atoms with Gasteiger partial charge in [0.1, 0.15) is 0 Å². The molecule has 0 bridgehead atoms. The van der Waals surface area contributed by atoms with Crippen LogP contribution < -0.4 is 0 Å². The van der Waals surface area contributed by atoms with E-state index in [1.165, 1.54) is 26.0 Å². The van der Waals surface area contributed by atoms with Crippen LogP contribution in [-0.4, -0.2) is 44.3 Å². The normalized spacial score (nSPS) is 11.8. The van der Waals surface area contributed by atoms with Crippen LogP contribution in [0.4, 0.5) is 0 Å². The molecular weight excluding hydrogens is 344 g/mol. The van der Waals surface area contributed by atoms with Gasteiger partial charge in [0.05, 0.1) is 0 Å². The summed E-state index contributed by atoms with van der Waals surface area (Å²) < 4.78 is 0. The average molecular weight is 366 g/mol. The van der Waals surface area contributed by atoms with Gasteiger partial charge < -0.3 is 20.4 Å². The predicted octanol–water partition coefficient (Wildman–Crippen LogP) is 1.90. The SMILES string of the molecule is CCC(Cc1ccccc1CC(CC)(C(=O)O)C(=O)O)(C(=O)O)C(=O)O. The van der Waals surface area contributed by atoms with E-state index in [0.29, 0.717) is 11.1 Å². The maximum Gasteiger partial charge on any atom is 0.321 e. The van der Waals surface area contributed by atoms with E-state index in [1.807, 2.05) is 0 Å². The largest absolute Gasteiger partial charge is 0.480 e. The van der Waals surface area contributed by atoms with Crippen LogP contribution in [0.15, 0.2) is 24.3 Å². The molecule has 0 unspecified atom stereocenters. The highest BCUT2D eigenvalue weighted by molar-refractivity contribution is 5.99. The summed E-state index contributed by atoms with van der Waals surface area (Å²) in [6.45, 7) is 2.88. The maximum absolute atomic E-state index is 11.6. The van der Waals surface area contributed by atoms with Gasteiger partial charge in [0.25, 0.3) is 0 Å². The fourth-order valence-electron chi connectivity index (χ4n) is 2.89. The molecule has 0 aliphatic rings. The Morgan fingerprint density at radius 1 is 0.692 bits per heavy atom. The molecular formula is C18H22O8. The van der Waals surface area contributed by atoms with Gasteiger partial charge in [-0.05, 0) is 36.8 Å². The van der Waals surface area contributed by atoms with Crippen molar-refractivity contribution in [2.24, 2.45) is 10.8 Å². The molecule has 0 heterocycles. The molecule has 26 heavy (non-hydrogen) atoms. The molecule has 1 rings (SSSR count). The lowest BCUT2D eigenvalue weighted by Gasteiger charge is -2.27. The Balaban J connectivity index is 3.43. The van der Waals surface area contributed by atoms with E-state index in [-0.39, 0.29) is 25.7 Å². The Labute approximate surface area is 150 Å². The van der Waals surface area contributed by atoms with E-state index in [2.05, 4.69) is 0 Å². The van der Waals surface area contributed by atoms with Crippen molar-refractivity contribution >= 4 is 23.9 Å². The number of carboxylic acids is 4. The highest BCUT2D eigenvalue weighted by Crippen LogP contribution is 2.34. The van der Waals surface area contributed by atoms with Crippen molar-refractivity contribution in [2.45, 2.75) is 39.5 Å². The molecule has 1 aromatic carbocycles. The number of benzene rings is 1. The van der Waals surface area contributed by atoms with Crippen molar-refractivity contribution in [1.29, 1.82) is 0 Å². The molecule has 0 radical (unpaired) electrons. The fraction of sp³-hybridized carbons (Fsp3) is 0.444. The molecule has 0 fully saturated rings. The predicted molar refractivity (Wildman–Crippen MR) is 89.8 cm³/mol. The molecule has 8 nitrogen and oxygen atoms in total. The van der Waals surface area contributed by atoms with Crippen LogP contribution in [0, 0.1) is 10.8 Å². The van der Waals surface area contributed by atoms with Gasteiger partial charge in [-0.1, -0.05) is 38.1 Å². The minimum atomic E-state index is -2.07. The van der Waals surface area contributed by atoms with Crippen molar-refractivity contribution in [3.63, 3.8) is 0 Å². The topological polar surface area (TPSA) is 149 Å². The first-order chi connectivity index (χ1) is 12.1. The fourth-order valence-corrected chi connectivity index (χ4v) is 2.89. The Morgan fingerprint density at radius 3 is 1.15 bits per heavy atom. The van der Waals surface area contributed by atoms with Crippen molar-refractivity contribution in [3.05, 3.63) is 35.4 Å². The van der Waals surface area contributed by atoms with Gasteiger partial charge in [-0.25, -0.2) is 0 Å². The average Bonchev–Trinajstić information content (AvgIpc) is 2.57. The molecule has 0 spiro atoms. The molecule has 0 atom stereocenters. The number of rotatable bonds is 10. The van der Waals surface area contributed by atoms with E-state index in [0.717, 1.165) is 0 Å². The van der Waals surface area contributed by atoms with Gasteiger partial charge in [0.2, 0.25) is 0 Å². The number of hydrogen-bond donors (Lipinski definition) is 4. The first-order valence-electron chi connectivity index (χ1n) is 8.07. The van der Waals surface area contributed by atoms with Gasteiger partial charge in [-0.2, -0.15) is 0 Å². The molecule has 0 aliphatic carbocycles. The molecule has 0 saturated carbocycles. The first kappa shape index (κ1) is 21.1. The summed E-state index contributed by atoms with van der Waals surface area (Å²) in [5.74, 6) is -6.00. The van der Waals surface area contributed by atoms with Crippen molar-refractivity contribution in [3.8, 4) is 0 Å². The van der Waals surface area contributed by atoms with Gasteiger partial charge in [0.15, 0.2) is 10.8 Å². The second kappa shape index (κ2) is 7.99. The number of aliphatic carboxylic acids is 4. The minimum absolute atomic E-state index is 0.178. The third-order valence-corrected chi connectivity index (χ3v) is 4.95. The van der Waals surface area contributed by atoms with Crippen LogP contribution in [-0.2, 0) is 32.0 Å². The third kappa shape index (κ3) is 3.68. The van der Waals surface area contributed by atoms with Crippen molar-refractivity contribution in [2.75, 3.05) is 0 Å². The lowest BCUT2D eigenvalue weighted by Crippen LogP contribution is -2.42. The number of carbonyl (C=O) groups is 4. The zero-order valence-corrected chi connectivity index (χ0v) is 14.6. The van der Waals surface area contributed by atoms with Crippen molar-refractivity contribution < 1.29 is 39.6 Å². The molecule has 0 aliphatic heterocycles. The summed E-state index contributed by atoms with van der Waals surface area (Å²) >= 11 is 0. The van der Waals surface area contributed by atoms with Crippen LogP contribution in [0.5, 0.6) is 0 Å². The van der Waals surface area contributed by atoms with Gasteiger partial charge in [0, 0.05) is 0 Å². The van der Waals surface area contributed by atoms with Crippen molar-refractivity contribution in [1.82, 2.24) is 0 Å². The quantitative estimate of drug-likeness (QED) is 0.459. The highest BCUT2D eigenvalue weighted by Gasteiger charge is 2.48. The van der Waals surface area contributed by atoms with E-state index >= 15 is 0 Å². The summed E-state index contributed by atoms with van der Waals surface area (Å²) in [5.41, 5.74) is -3.53. The second-order valence-electron chi connectivity index (χ2n) is 6.21. The first-order valence-corrected chi connectivity index (χ1v) is 8.07. The Morgan fingerprint density at radius 2 is 0.962 bits per heavy atom. The molecule has 0 saturated heterocycles. The summed E-state index contributed by atoms with van der Waals surface area (Å²) in [6, 6.07) is 6.13. The van der Waals surface area contributed by atoms with E-state index in [9.17, 15) is 39.6 Å². The van der Waals surface area contributed by atoms with E-state index in [4.69, 9.17) is 0 Å². The lowest BCUT2D eigenvalue weighted by atomic mass is 9.74. The van der Waals surface area contributed by atoms with E-state index < -0.39 is 34.7 Å². The zero-order valence-electron chi connectivity index (χ0n) is 14.6. The Hall–Kier alpha value is -2.90. The standard InChI is InChI=1S/C18H22O8/c1-3-17(13(19)20,14(21)22)9-11-7-5-6-8-12(11)10-18(4-2,15(23)24)16(25)26/h5-8H,3-4,9-10H2,1-2H3,(H,19,20)(H,21,22)(H,23,24)(H,25,26).